The maximum atomic E-state index is 11.0. The fourth-order valence-electron chi connectivity index (χ4n) is 1.07. The summed E-state index contributed by atoms with van der Waals surface area (Å²) in [7, 11) is -1.09. The molecule has 0 aliphatic rings. The molecular weight excluding hydrogens is 428 g/mol. The van der Waals surface area contributed by atoms with E-state index in [4.69, 9.17) is 4.74 Å². The summed E-state index contributed by atoms with van der Waals surface area (Å²) in [5, 5.41) is 0. The van der Waals surface area contributed by atoms with E-state index in [1.807, 2.05) is 0 Å². The van der Waals surface area contributed by atoms with Gasteiger partial charge in [0.25, 0.3) is 0 Å². The normalized spacial score (nSPS) is 13.8. The molecule has 16 heavy (non-hydrogen) atoms. The lowest BCUT2D eigenvalue weighted by atomic mass is 10.2. The van der Waals surface area contributed by atoms with Gasteiger partial charge in [0.05, 0.1) is 11.9 Å². The zero-order chi connectivity index (χ0) is 12.3. The molecule has 0 N–H and O–H groups in total. The third-order valence-electron chi connectivity index (χ3n) is 1.96. The molecule has 0 aliphatic heterocycles. The van der Waals surface area contributed by atoms with Gasteiger partial charge < -0.3 is 4.74 Å². The molecule has 1 rings (SSSR count). The quantitative estimate of drug-likeness (QED) is 0.582. The number of thiol groups is 1. The molecule has 0 radical (unpaired) electrons. The average Bonchev–Trinajstić information content (AvgIpc) is 2.28. The molecule has 7 heteroatoms. The van der Waals surface area contributed by atoms with Crippen molar-refractivity contribution in [3.05, 3.63) is 29.8 Å². The van der Waals surface area contributed by atoms with Gasteiger partial charge in [-0.3, -0.25) is 0 Å². The summed E-state index contributed by atoms with van der Waals surface area (Å²) >= 11 is 9.59. The first kappa shape index (κ1) is 14.5. The van der Waals surface area contributed by atoms with Crippen molar-refractivity contribution in [3.8, 4) is 5.75 Å². The lowest BCUT2D eigenvalue weighted by Gasteiger charge is -2.20. The second kappa shape index (κ2) is 5.84. The average molecular weight is 437 g/mol. The minimum absolute atomic E-state index is 0.396. The van der Waals surface area contributed by atoms with E-state index in [0.29, 0.717) is 0 Å². The Balaban J connectivity index is 3.00. The second-order valence-corrected chi connectivity index (χ2v) is 9.91. The predicted molar refractivity (Wildman–Crippen MR) is 75.6 cm³/mol. The SMILES string of the molecule is COc1ccc(C(Br)C(Br)(Br)[SH](=O)=O)cc1. The topological polar surface area (TPSA) is 43.4 Å². The number of alkyl halides is 3. The van der Waals surface area contributed by atoms with Gasteiger partial charge in [-0.1, -0.05) is 59.9 Å². The number of benzene rings is 1. The summed E-state index contributed by atoms with van der Waals surface area (Å²) in [6, 6.07) is 7.15. The van der Waals surface area contributed by atoms with Crippen LogP contribution >= 0.6 is 47.8 Å². The molecule has 1 unspecified atom stereocenters. The lowest BCUT2D eigenvalue weighted by molar-refractivity contribution is 0.414. The first-order valence-electron chi connectivity index (χ1n) is 4.20. The molecule has 0 bridgehead atoms. The van der Waals surface area contributed by atoms with Gasteiger partial charge in [-0.25, -0.2) is 8.42 Å². The summed E-state index contributed by atoms with van der Waals surface area (Å²) in [6.45, 7) is 0. The van der Waals surface area contributed by atoms with Crippen LogP contribution in [0.4, 0.5) is 0 Å². The Labute approximate surface area is 121 Å². The van der Waals surface area contributed by atoms with Gasteiger partial charge in [0.15, 0.2) is 13.3 Å². The largest absolute Gasteiger partial charge is 0.497 e. The highest BCUT2D eigenvalue weighted by atomic mass is 79.9. The van der Waals surface area contributed by atoms with Crippen molar-refractivity contribution in [1.29, 1.82) is 0 Å². The molecule has 0 spiro atoms. The fourth-order valence-corrected chi connectivity index (χ4v) is 2.74. The molecule has 1 aromatic rings. The summed E-state index contributed by atoms with van der Waals surface area (Å²) in [6.07, 6.45) is 0. The van der Waals surface area contributed by atoms with E-state index in [1.165, 1.54) is 0 Å². The Morgan fingerprint density at radius 2 is 1.75 bits per heavy atom. The van der Waals surface area contributed by atoms with Crippen LogP contribution in [-0.2, 0) is 10.7 Å². The van der Waals surface area contributed by atoms with Crippen molar-refractivity contribution in [3.63, 3.8) is 0 Å². The van der Waals surface area contributed by atoms with Crippen molar-refractivity contribution >= 4 is 58.5 Å². The molecule has 1 atom stereocenters. The summed E-state index contributed by atoms with van der Waals surface area (Å²) in [5.41, 5.74) is 0.828. The van der Waals surface area contributed by atoms with E-state index < -0.39 is 18.1 Å². The second-order valence-electron chi connectivity index (χ2n) is 2.98. The molecule has 0 heterocycles. The number of rotatable bonds is 4. The van der Waals surface area contributed by atoms with Crippen molar-refractivity contribution in [2.45, 2.75) is 7.39 Å². The molecule has 0 aliphatic carbocycles. The number of hydrogen-bond acceptors (Lipinski definition) is 3. The van der Waals surface area contributed by atoms with Gasteiger partial charge >= 0.3 is 0 Å². The van der Waals surface area contributed by atoms with Gasteiger partial charge in [0.1, 0.15) is 5.75 Å². The maximum Gasteiger partial charge on any atom is 0.194 e. The van der Waals surface area contributed by atoms with Crippen LogP contribution in [0.2, 0.25) is 0 Å². The van der Waals surface area contributed by atoms with Crippen LogP contribution < -0.4 is 4.74 Å². The first-order valence-corrected chi connectivity index (χ1v) is 7.88. The van der Waals surface area contributed by atoms with Gasteiger partial charge in [-0.2, -0.15) is 0 Å². The van der Waals surface area contributed by atoms with Crippen LogP contribution in [-0.4, -0.2) is 18.1 Å². The first-order chi connectivity index (χ1) is 7.39. The number of hydrogen-bond donors (Lipinski definition) is 1. The Kier molecular flexibility index (Phi) is 5.28. The number of ether oxygens (including phenoxy) is 1. The van der Waals surface area contributed by atoms with Crippen molar-refractivity contribution in [2.24, 2.45) is 0 Å². The van der Waals surface area contributed by atoms with Crippen molar-refractivity contribution < 1.29 is 13.2 Å². The zero-order valence-electron chi connectivity index (χ0n) is 8.19. The molecule has 0 aromatic heterocycles. The van der Waals surface area contributed by atoms with Gasteiger partial charge in [-0.15, -0.1) is 0 Å². The molecule has 0 fully saturated rings. The van der Waals surface area contributed by atoms with Crippen LogP contribution in [0, 0.1) is 0 Å². The standard InChI is InChI=1S/C9H9Br3O3S/c1-15-7-4-2-6(3-5-7)8(10)9(11,12)16(13)14/h2-5,8,16H,1H3. The van der Waals surface area contributed by atoms with Crippen LogP contribution in [0.3, 0.4) is 0 Å². The van der Waals surface area contributed by atoms with Gasteiger partial charge in [-0.05, 0) is 17.7 Å². The molecule has 0 amide bonds. The Hall–Kier alpha value is 0.410. The Bertz CT molecular complexity index is 420. The van der Waals surface area contributed by atoms with E-state index in [0.717, 1.165) is 11.3 Å². The lowest BCUT2D eigenvalue weighted by Crippen LogP contribution is -2.19. The number of methoxy groups -OCH3 is 1. The number of halogens is 3. The highest BCUT2D eigenvalue weighted by molar-refractivity contribution is 9.28. The maximum absolute atomic E-state index is 11.0. The highest BCUT2D eigenvalue weighted by Crippen LogP contribution is 2.46. The van der Waals surface area contributed by atoms with E-state index >= 15 is 0 Å². The fraction of sp³-hybridized carbons (Fsp3) is 0.333. The summed E-state index contributed by atoms with van der Waals surface area (Å²) < 4.78 is 25.9. The molecule has 1 aromatic carbocycles. The van der Waals surface area contributed by atoms with Crippen LogP contribution in [0.5, 0.6) is 5.75 Å². The van der Waals surface area contributed by atoms with Gasteiger partial charge in [0, 0.05) is 0 Å². The minimum Gasteiger partial charge on any atom is -0.497 e. The van der Waals surface area contributed by atoms with Crippen LogP contribution in [0.15, 0.2) is 24.3 Å². The molecule has 90 valence electrons. The van der Waals surface area contributed by atoms with E-state index in [1.54, 1.807) is 31.4 Å². The Morgan fingerprint density at radius 3 is 2.12 bits per heavy atom. The molecular formula is C9H9Br3O3S. The van der Waals surface area contributed by atoms with Crippen LogP contribution in [0.1, 0.15) is 10.4 Å². The van der Waals surface area contributed by atoms with Crippen molar-refractivity contribution in [1.82, 2.24) is 0 Å². The predicted octanol–water partition coefficient (Wildman–Crippen LogP) is 3.19. The van der Waals surface area contributed by atoms with Crippen LogP contribution in [0.25, 0.3) is 0 Å². The summed E-state index contributed by atoms with van der Waals surface area (Å²) in [4.78, 5) is -0.396. The van der Waals surface area contributed by atoms with E-state index in [-0.39, 0.29) is 0 Å². The van der Waals surface area contributed by atoms with E-state index in [2.05, 4.69) is 47.8 Å². The third kappa shape index (κ3) is 3.21. The smallest absolute Gasteiger partial charge is 0.194 e. The summed E-state index contributed by atoms with van der Waals surface area (Å²) in [5.74, 6) is 0.727. The third-order valence-corrected chi connectivity index (χ3v) is 8.15. The van der Waals surface area contributed by atoms with Crippen molar-refractivity contribution in [2.75, 3.05) is 7.11 Å². The molecule has 0 saturated heterocycles. The Morgan fingerprint density at radius 1 is 1.25 bits per heavy atom. The molecule has 0 saturated carbocycles. The monoisotopic (exact) mass is 434 g/mol. The zero-order valence-corrected chi connectivity index (χ0v) is 13.8. The minimum atomic E-state index is -2.66. The highest BCUT2D eigenvalue weighted by Gasteiger charge is 2.36. The van der Waals surface area contributed by atoms with E-state index in [9.17, 15) is 8.42 Å². The van der Waals surface area contributed by atoms with Gasteiger partial charge in [0.2, 0.25) is 0 Å². The molecule has 3 nitrogen and oxygen atoms in total.